The number of nitrogens with zero attached hydrogens (tertiary/aromatic N) is 4. The molecule has 2 fully saturated rings. The molecule has 0 radical (unpaired) electrons. The van der Waals surface area contributed by atoms with Crippen LogP contribution in [0.2, 0.25) is 0 Å². The highest BCUT2D eigenvalue weighted by Gasteiger charge is 2.33. The smallest absolute Gasteiger partial charge is 0.274 e. The number of hydrogen-bond acceptors (Lipinski definition) is 5. The summed E-state index contributed by atoms with van der Waals surface area (Å²) in [6.07, 6.45) is 6.42. The molecule has 2 aliphatic rings. The minimum Gasteiger partial charge on any atom is -0.340 e. The number of aryl methyl sites for hydroxylation is 1. The van der Waals surface area contributed by atoms with E-state index in [-0.39, 0.29) is 11.9 Å². The number of amides is 1. The topological polar surface area (TPSA) is 87.9 Å². The van der Waals surface area contributed by atoms with E-state index in [4.69, 9.17) is 4.52 Å². The molecular weight excluding hydrogens is 294 g/mol. The van der Waals surface area contributed by atoms with Crippen molar-refractivity contribution in [2.75, 3.05) is 6.54 Å². The van der Waals surface area contributed by atoms with Crippen LogP contribution in [0, 0.1) is 6.92 Å². The molecule has 3 heterocycles. The zero-order chi connectivity index (χ0) is 15.8. The van der Waals surface area contributed by atoms with Crippen LogP contribution in [0.15, 0.2) is 10.6 Å². The van der Waals surface area contributed by atoms with Gasteiger partial charge in [-0.3, -0.25) is 9.89 Å². The van der Waals surface area contributed by atoms with E-state index in [1.807, 2.05) is 11.0 Å². The van der Waals surface area contributed by atoms with Crippen molar-refractivity contribution in [3.8, 4) is 0 Å². The third-order valence-corrected chi connectivity index (χ3v) is 4.69. The maximum Gasteiger partial charge on any atom is 0.274 e. The maximum atomic E-state index is 13.0. The van der Waals surface area contributed by atoms with Gasteiger partial charge in [-0.1, -0.05) is 18.0 Å². The van der Waals surface area contributed by atoms with Crippen molar-refractivity contribution < 1.29 is 9.32 Å². The van der Waals surface area contributed by atoms with Crippen LogP contribution in [0.3, 0.4) is 0 Å². The van der Waals surface area contributed by atoms with Gasteiger partial charge in [0, 0.05) is 25.1 Å². The first-order valence-electron chi connectivity index (χ1n) is 8.39. The third-order valence-electron chi connectivity index (χ3n) is 4.69. The molecule has 1 saturated heterocycles. The normalized spacial score (nSPS) is 22.1. The summed E-state index contributed by atoms with van der Waals surface area (Å²) in [6.45, 7) is 2.48. The van der Waals surface area contributed by atoms with Crippen LogP contribution in [0.1, 0.15) is 78.4 Å². The van der Waals surface area contributed by atoms with E-state index in [0.717, 1.165) is 31.4 Å². The molecule has 1 atom stereocenters. The highest BCUT2D eigenvalue weighted by atomic mass is 16.5. The number of carbonyl (C=O) groups is 1. The van der Waals surface area contributed by atoms with E-state index >= 15 is 0 Å². The first kappa shape index (κ1) is 14.4. The first-order valence-corrected chi connectivity index (χ1v) is 8.39. The Morgan fingerprint density at radius 3 is 2.91 bits per heavy atom. The van der Waals surface area contributed by atoms with Crippen LogP contribution in [-0.4, -0.2) is 37.7 Å². The number of rotatable bonds is 3. The fraction of sp³-hybridized carbons (Fsp3) is 0.625. The molecule has 1 aliphatic heterocycles. The zero-order valence-electron chi connectivity index (χ0n) is 13.3. The molecule has 1 unspecified atom stereocenters. The van der Waals surface area contributed by atoms with E-state index in [2.05, 4.69) is 20.3 Å². The number of aromatic nitrogens is 4. The second-order valence-electron chi connectivity index (χ2n) is 6.52. The van der Waals surface area contributed by atoms with Gasteiger partial charge < -0.3 is 9.42 Å². The maximum absolute atomic E-state index is 13.0. The number of H-pyrrole nitrogens is 1. The van der Waals surface area contributed by atoms with Crippen LogP contribution >= 0.6 is 0 Å². The molecule has 2 aromatic heterocycles. The Balaban J connectivity index is 1.60. The van der Waals surface area contributed by atoms with Crippen molar-refractivity contribution in [3.05, 3.63) is 29.2 Å². The van der Waals surface area contributed by atoms with Gasteiger partial charge in [-0.2, -0.15) is 10.1 Å². The third kappa shape index (κ3) is 2.87. The molecule has 1 aliphatic carbocycles. The molecule has 0 aromatic carbocycles. The molecule has 1 amide bonds. The van der Waals surface area contributed by atoms with Gasteiger partial charge in [-0.15, -0.1) is 0 Å². The van der Waals surface area contributed by atoms with Crippen molar-refractivity contribution in [1.82, 2.24) is 25.2 Å². The summed E-state index contributed by atoms with van der Waals surface area (Å²) in [5.74, 6) is 1.66. The van der Waals surface area contributed by atoms with E-state index in [1.165, 1.54) is 12.8 Å². The summed E-state index contributed by atoms with van der Waals surface area (Å²) in [6, 6.07) is 1.78. The molecule has 7 heteroatoms. The average Bonchev–Trinajstić information content (AvgIpc) is 3.21. The molecule has 2 aromatic rings. The lowest BCUT2D eigenvalue weighted by Crippen LogP contribution is -2.35. The van der Waals surface area contributed by atoms with Gasteiger partial charge in [0.1, 0.15) is 5.69 Å². The predicted molar refractivity (Wildman–Crippen MR) is 81.8 cm³/mol. The van der Waals surface area contributed by atoms with E-state index in [0.29, 0.717) is 29.9 Å². The molecule has 23 heavy (non-hydrogen) atoms. The lowest BCUT2D eigenvalue weighted by Gasteiger charge is -2.27. The van der Waals surface area contributed by atoms with E-state index in [1.54, 1.807) is 6.92 Å². The Kier molecular flexibility index (Phi) is 3.63. The fourth-order valence-corrected chi connectivity index (χ4v) is 3.27. The summed E-state index contributed by atoms with van der Waals surface area (Å²) in [5, 5.41) is 11.3. The SMILES string of the molecule is Cc1nc(C2CCCCCN2C(=O)c2cc(C3CC3)[nH]n2)no1. The van der Waals surface area contributed by atoms with Gasteiger partial charge in [0.25, 0.3) is 5.91 Å². The van der Waals surface area contributed by atoms with Gasteiger partial charge >= 0.3 is 0 Å². The predicted octanol–water partition coefficient (Wildman–Crippen LogP) is 2.74. The molecule has 0 bridgehead atoms. The van der Waals surface area contributed by atoms with Crippen LogP contribution in [0.4, 0.5) is 0 Å². The summed E-state index contributed by atoms with van der Waals surface area (Å²) >= 11 is 0. The average molecular weight is 315 g/mol. The highest BCUT2D eigenvalue weighted by molar-refractivity contribution is 5.92. The minimum atomic E-state index is -0.122. The molecular formula is C16H21N5O2. The molecule has 1 N–H and O–H groups in total. The van der Waals surface area contributed by atoms with Crippen molar-refractivity contribution in [2.24, 2.45) is 0 Å². The van der Waals surface area contributed by atoms with Crippen molar-refractivity contribution in [1.29, 1.82) is 0 Å². The number of carbonyl (C=O) groups excluding carboxylic acids is 1. The number of hydrogen-bond donors (Lipinski definition) is 1. The van der Waals surface area contributed by atoms with Gasteiger partial charge in [0.05, 0.1) is 6.04 Å². The Morgan fingerprint density at radius 2 is 2.17 bits per heavy atom. The molecule has 7 nitrogen and oxygen atoms in total. The van der Waals surface area contributed by atoms with Crippen LogP contribution < -0.4 is 0 Å². The largest absolute Gasteiger partial charge is 0.340 e. The van der Waals surface area contributed by atoms with Crippen LogP contribution in [0.25, 0.3) is 0 Å². The molecule has 122 valence electrons. The van der Waals surface area contributed by atoms with E-state index in [9.17, 15) is 4.79 Å². The van der Waals surface area contributed by atoms with Crippen LogP contribution in [-0.2, 0) is 0 Å². The number of likely N-dealkylation sites (tertiary alicyclic amines) is 1. The summed E-state index contributed by atoms with van der Waals surface area (Å²) in [7, 11) is 0. The monoisotopic (exact) mass is 315 g/mol. The Morgan fingerprint density at radius 1 is 1.30 bits per heavy atom. The van der Waals surface area contributed by atoms with Crippen LogP contribution in [0.5, 0.6) is 0 Å². The zero-order valence-corrected chi connectivity index (χ0v) is 13.3. The first-order chi connectivity index (χ1) is 11.2. The lowest BCUT2D eigenvalue weighted by atomic mass is 10.1. The number of nitrogens with one attached hydrogen (secondary N) is 1. The lowest BCUT2D eigenvalue weighted by molar-refractivity contribution is 0.0664. The van der Waals surface area contributed by atoms with Gasteiger partial charge in [-0.05, 0) is 31.7 Å². The quantitative estimate of drug-likeness (QED) is 0.941. The molecule has 4 rings (SSSR count). The Bertz CT molecular complexity index is 703. The van der Waals surface area contributed by atoms with Gasteiger partial charge in [0.2, 0.25) is 5.89 Å². The van der Waals surface area contributed by atoms with Crippen molar-refractivity contribution in [2.45, 2.75) is 57.4 Å². The van der Waals surface area contributed by atoms with Crippen molar-refractivity contribution in [3.63, 3.8) is 0 Å². The Hall–Kier alpha value is -2.18. The summed E-state index contributed by atoms with van der Waals surface area (Å²) in [4.78, 5) is 19.2. The van der Waals surface area contributed by atoms with Crippen molar-refractivity contribution >= 4 is 5.91 Å². The van der Waals surface area contributed by atoms with E-state index < -0.39 is 0 Å². The molecule has 0 spiro atoms. The highest BCUT2D eigenvalue weighted by Crippen LogP contribution is 2.39. The summed E-state index contributed by atoms with van der Waals surface area (Å²) < 4.78 is 5.12. The fourth-order valence-electron chi connectivity index (χ4n) is 3.27. The van der Waals surface area contributed by atoms with Gasteiger partial charge in [-0.25, -0.2) is 0 Å². The molecule has 1 saturated carbocycles. The second kappa shape index (κ2) is 5.79. The second-order valence-corrected chi connectivity index (χ2v) is 6.52. The Labute approximate surface area is 134 Å². The minimum absolute atomic E-state index is 0.0393. The number of aromatic amines is 1. The standard InChI is InChI=1S/C16H21N5O2/c1-10-17-15(20-23-10)14-5-3-2-4-8-21(14)16(22)13-9-12(18-19-13)11-6-7-11/h9,11,14H,2-8H2,1H3,(H,18,19). The van der Waals surface area contributed by atoms with Gasteiger partial charge in [0.15, 0.2) is 5.82 Å². The summed E-state index contributed by atoms with van der Waals surface area (Å²) in [5.41, 5.74) is 1.58.